The van der Waals surface area contributed by atoms with Gasteiger partial charge in [-0.2, -0.15) is 0 Å². The monoisotopic (exact) mass is 179 g/mol. The second-order valence-corrected chi connectivity index (χ2v) is 28.2. The topological polar surface area (TPSA) is 0 Å². The molecule has 0 amide bonds. The Kier molecular flexibility index (Phi) is 1.90. The predicted octanol–water partition coefficient (Wildman–Crippen LogP) is 3.31. The first-order valence-electron chi connectivity index (χ1n) is 3.06. The van der Waals surface area contributed by atoms with E-state index in [0.717, 1.165) is 0 Å². The number of rotatable bonds is 1. The quantitative estimate of drug-likeness (QED) is 0.581. The number of hydrogen-bond donors (Lipinski definition) is 0. The first-order chi connectivity index (χ1) is 2.81. The van der Waals surface area contributed by atoms with E-state index in [-0.39, 0.29) is 0 Å². The summed E-state index contributed by atoms with van der Waals surface area (Å²) in [7, 11) is 0. The van der Waals surface area contributed by atoms with Crippen LogP contribution in [0.3, 0.4) is 0 Å². The Bertz CT molecular complexity index is 56.7. The van der Waals surface area contributed by atoms with Crippen LogP contribution < -0.4 is 0 Å². The third-order valence-corrected chi connectivity index (χ3v) is 8.37. The van der Waals surface area contributed by atoms with Gasteiger partial charge in [0.25, 0.3) is 0 Å². The van der Waals surface area contributed by atoms with Crippen LogP contribution >= 0.6 is 0 Å². The summed E-state index contributed by atoms with van der Waals surface area (Å²) in [4.78, 5) is 0. The van der Waals surface area contributed by atoms with Gasteiger partial charge in [0.05, 0.1) is 0 Å². The van der Waals surface area contributed by atoms with Crippen molar-refractivity contribution in [3.63, 3.8) is 0 Å². The van der Waals surface area contributed by atoms with Gasteiger partial charge in [0.2, 0.25) is 0 Å². The molecule has 0 unspecified atom stereocenters. The molecule has 0 atom stereocenters. The van der Waals surface area contributed by atoms with E-state index in [1.165, 1.54) is 4.13 Å². The van der Waals surface area contributed by atoms with Crippen LogP contribution in [0.2, 0.25) is 22.7 Å². The Morgan fingerprint density at radius 2 is 1.14 bits per heavy atom. The van der Waals surface area contributed by atoms with Gasteiger partial charge in [-0.15, -0.1) is 0 Å². The van der Waals surface area contributed by atoms with Crippen LogP contribution in [0.1, 0.15) is 6.92 Å². The molecule has 0 aliphatic heterocycles. The molecule has 0 fully saturated rings. The molecule has 0 aromatic rings. The normalized spacial score (nSPS) is 18.1. The second-order valence-electron chi connectivity index (χ2n) is 4.77. The molecular weight excluding hydrogens is 163 g/mol. The molecule has 0 bridgehead atoms. The summed E-state index contributed by atoms with van der Waals surface area (Å²) in [6, 6.07) is 0. The Morgan fingerprint density at radius 1 is 1.00 bits per heavy atom. The van der Waals surface area contributed by atoms with Crippen LogP contribution in [0.15, 0.2) is 0 Å². The number of hydrogen-bond acceptors (Lipinski definition) is 0. The average molecular weight is 180 g/mol. The molecule has 0 aliphatic rings. The van der Waals surface area contributed by atoms with Gasteiger partial charge in [-0.05, 0) is 0 Å². The average Bonchev–Trinajstić information content (AvgIpc) is 1.32. The van der Waals surface area contributed by atoms with Crippen molar-refractivity contribution < 1.29 is 18.8 Å². The van der Waals surface area contributed by atoms with Crippen molar-refractivity contribution in [1.29, 1.82) is 0 Å². The molecule has 0 spiro atoms. The third-order valence-electron chi connectivity index (χ3n) is 1.41. The van der Waals surface area contributed by atoms with Gasteiger partial charge in [0, 0.05) is 0 Å². The molecule has 45 valence electrons. The van der Waals surface area contributed by atoms with E-state index in [4.69, 9.17) is 0 Å². The van der Waals surface area contributed by atoms with Crippen LogP contribution in [0, 0.1) is 0 Å². The Morgan fingerprint density at radius 3 is 1.14 bits per heavy atom. The maximum atomic E-state index is 2.47. The molecule has 0 aromatic carbocycles. The van der Waals surface area contributed by atoms with Gasteiger partial charge in [-0.1, -0.05) is 0 Å². The first kappa shape index (κ1) is 7.88. The van der Waals surface area contributed by atoms with E-state index in [1.54, 1.807) is 0 Å². The fourth-order valence-corrected chi connectivity index (χ4v) is 0. The minimum atomic E-state index is -1.82. The van der Waals surface area contributed by atoms with Crippen molar-refractivity contribution in [3.05, 3.63) is 0 Å². The minimum absolute atomic E-state index is 1.45. The van der Waals surface area contributed by atoms with Crippen molar-refractivity contribution in [3.8, 4) is 0 Å². The van der Waals surface area contributed by atoms with Crippen molar-refractivity contribution in [1.82, 2.24) is 0 Å². The molecular formula is C6H17Zr. The standard InChI is InChI=1S/C2H5.4CH3.Zr/c1-2;;;;;/h1H2,2H3;4*1H3;. The van der Waals surface area contributed by atoms with Gasteiger partial charge in [-0.25, -0.2) is 0 Å². The summed E-state index contributed by atoms with van der Waals surface area (Å²) in [5, 5.41) is 0. The summed E-state index contributed by atoms with van der Waals surface area (Å²) < 4.78 is 11.3. The fraction of sp³-hybridized carbons (Fsp3) is 1.00. The summed E-state index contributed by atoms with van der Waals surface area (Å²) in [5.41, 5.74) is 0. The van der Waals surface area contributed by atoms with Crippen molar-refractivity contribution in [2.24, 2.45) is 0 Å². The summed E-state index contributed by atoms with van der Waals surface area (Å²) in [6.07, 6.45) is 0. The van der Waals surface area contributed by atoms with Crippen LogP contribution in [0.25, 0.3) is 0 Å². The van der Waals surface area contributed by atoms with Gasteiger partial charge in [-0.3, -0.25) is 0 Å². The summed E-state index contributed by atoms with van der Waals surface area (Å²) in [5.74, 6) is 0. The summed E-state index contributed by atoms with van der Waals surface area (Å²) in [6.45, 7) is 2.31. The van der Waals surface area contributed by atoms with E-state index in [9.17, 15) is 0 Å². The van der Waals surface area contributed by atoms with Gasteiger partial charge in [0.1, 0.15) is 0 Å². The van der Waals surface area contributed by atoms with Crippen molar-refractivity contribution in [2.45, 2.75) is 29.6 Å². The second kappa shape index (κ2) is 1.69. The summed E-state index contributed by atoms with van der Waals surface area (Å²) >= 11 is -1.82. The molecule has 0 aromatic heterocycles. The molecule has 1 heteroatoms. The van der Waals surface area contributed by atoms with E-state index >= 15 is 0 Å². The van der Waals surface area contributed by atoms with Crippen molar-refractivity contribution >= 4 is 0 Å². The molecule has 0 saturated heterocycles. The molecule has 0 nitrogen and oxygen atoms in total. The van der Waals surface area contributed by atoms with Gasteiger partial charge in [0.15, 0.2) is 0 Å². The molecule has 0 rings (SSSR count). The van der Waals surface area contributed by atoms with Crippen LogP contribution in [-0.2, 0) is 18.8 Å². The predicted molar refractivity (Wildman–Crippen MR) is 33.9 cm³/mol. The maximum absolute atomic E-state index is 2.47. The van der Waals surface area contributed by atoms with Crippen LogP contribution in [0.4, 0.5) is 0 Å². The Labute approximate surface area is 48.4 Å². The molecule has 0 heterocycles. The molecule has 0 N–H and O–H groups in total. The SMILES string of the molecule is C[CH2][Zr]([CH3])([CH3])([CH3])[CH3]. The Hall–Kier alpha value is 0.883. The van der Waals surface area contributed by atoms with Crippen LogP contribution in [0.5, 0.6) is 0 Å². The van der Waals surface area contributed by atoms with E-state index < -0.39 is 18.8 Å². The Balaban J connectivity index is 3.83. The molecule has 0 radical (unpaired) electrons. The first-order valence-corrected chi connectivity index (χ1v) is 14.6. The van der Waals surface area contributed by atoms with Crippen molar-refractivity contribution in [2.75, 3.05) is 0 Å². The zero-order valence-corrected chi connectivity index (χ0v) is 8.67. The van der Waals surface area contributed by atoms with Gasteiger partial charge >= 0.3 is 48.4 Å². The van der Waals surface area contributed by atoms with E-state index in [1.807, 2.05) is 0 Å². The zero-order valence-electron chi connectivity index (χ0n) is 6.21. The van der Waals surface area contributed by atoms with Gasteiger partial charge < -0.3 is 0 Å². The van der Waals surface area contributed by atoms with Crippen LogP contribution in [-0.4, -0.2) is 0 Å². The zero-order chi connectivity index (χ0) is 6.15. The van der Waals surface area contributed by atoms with E-state index in [0.29, 0.717) is 0 Å². The third kappa shape index (κ3) is 6.88. The fourth-order valence-electron chi connectivity index (χ4n) is 0. The molecule has 7 heavy (non-hydrogen) atoms. The molecule has 0 saturated carbocycles. The molecule has 0 aliphatic carbocycles. The van der Waals surface area contributed by atoms with E-state index in [2.05, 4.69) is 25.5 Å².